The summed E-state index contributed by atoms with van der Waals surface area (Å²) in [6.07, 6.45) is 1.50. The number of halogens is 3. The Morgan fingerprint density at radius 1 is 1.42 bits per heavy atom. The number of nitrogens with zero attached hydrogens (tertiary/aromatic N) is 1. The number of nitrogens with one attached hydrogen (secondary N) is 3. The summed E-state index contributed by atoms with van der Waals surface area (Å²) in [5.74, 6) is -0.163. The van der Waals surface area contributed by atoms with E-state index in [0.29, 0.717) is 28.7 Å². The number of aromatic amines is 1. The Bertz CT molecular complexity index is 732. The third kappa shape index (κ3) is 4.22. The SMILES string of the molecule is CC(Cc1ccc(Cl)cc1Cl)NC(=O)c1n[nH]c2c1CNCC2.Cl. The quantitative estimate of drug-likeness (QED) is 0.752. The molecule has 2 aromatic rings. The van der Waals surface area contributed by atoms with Gasteiger partial charge in [-0.05, 0) is 31.0 Å². The van der Waals surface area contributed by atoms with Crippen LogP contribution in [0.25, 0.3) is 0 Å². The topological polar surface area (TPSA) is 69.8 Å². The molecule has 1 atom stereocenters. The van der Waals surface area contributed by atoms with Crippen LogP contribution in [-0.2, 0) is 19.4 Å². The predicted molar refractivity (Wildman–Crippen MR) is 98.3 cm³/mol. The van der Waals surface area contributed by atoms with E-state index >= 15 is 0 Å². The van der Waals surface area contributed by atoms with Crippen LogP contribution in [0.4, 0.5) is 0 Å². The Morgan fingerprint density at radius 2 is 2.21 bits per heavy atom. The lowest BCUT2D eigenvalue weighted by Gasteiger charge is -2.16. The van der Waals surface area contributed by atoms with Crippen LogP contribution in [0.1, 0.15) is 34.2 Å². The van der Waals surface area contributed by atoms with Gasteiger partial charge in [-0.2, -0.15) is 5.10 Å². The maximum atomic E-state index is 12.4. The first kappa shape index (κ1) is 19.1. The second kappa shape index (κ2) is 8.21. The number of carbonyl (C=O) groups is 1. The van der Waals surface area contributed by atoms with Crippen LogP contribution in [0.15, 0.2) is 18.2 Å². The Kier molecular flexibility index (Phi) is 6.52. The Labute approximate surface area is 156 Å². The number of hydrogen-bond acceptors (Lipinski definition) is 3. The minimum absolute atomic E-state index is 0. The second-order valence-electron chi connectivity index (χ2n) is 5.77. The van der Waals surface area contributed by atoms with E-state index in [9.17, 15) is 4.79 Å². The highest BCUT2D eigenvalue weighted by Gasteiger charge is 2.22. The van der Waals surface area contributed by atoms with E-state index in [2.05, 4.69) is 20.8 Å². The summed E-state index contributed by atoms with van der Waals surface area (Å²) in [6, 6.07) is 5.33. The number of amides is 1. The first-order valence-electron chi connectivity index (χ1n) is 7.56. The molecule has 24 heavy (non-hydrogen) atoms. The monoisotopic (exact) mass is 388 g/mol. The van der Waals surface area contributed by atoms with Crippen molar-refractivity contribution in [1.82, 2.24) is 20.8 Å². The van der Waals surface area contributed by atoms with Crippen molar-refractivity contribution in [3.63, 3.8) is 0 Å². The first-order valence-corrected chi connectivity index (χ1v) is 8.32. The molecule has 3 N–H and O–H groups in total. The number of fused-ring (bicyclic) bond motifs is 1. The van der Waals surface area contributed by atoms with Gasteiger partial charge in [-0.15, -0.1) is 12.4 Å². The van der Waals surface area contributed by atoms with Crippen LogP contribution in [0.3, 0.4) is 0 Å². The van der Waals surface area contributed by atoms with Crippen molar-refractivity contribution in [2.75, 3.05) is 6.54 Å². The molecule has 0 radical (unpaired) electrons. The van der Waals surface area contributed by atoms with Gasteiger partial charge in [0, 0.05) is 46.9 Å². The van der Waals surface area contributed by atoms with Crippen molar-refractivity contribution in [2.24, 2.45) is 0 Å². The lowest BCUT2D eigenvalue weighted by Crippen LogP contribution is -2.35. The molecule has 1 aliphatic heterocycles. The molecule has 5 nitrogen and oxygen atoms in total. The summed E-state index contributed by atoms with van der Waals surface area (Å²) >= 11 is 12.1. The van der Waals surface area contributed by atoms with E-state index in [4.69, 9.17) is 23.2 Å². The third-order valence-corrected chi connectivity index (χ3v) is 4.53. The second-order valence-corrected chi connectivity index (χ2v) is 6.61. The fourth-order valence-electron chi connectivity index (χ4n) is 2.77. The molecule has 1 aromatic carbocycles. The maximum Gasteiger partial charge on any atom is 0.272 e. The van der Waals surface area contributed by atoms with Crippen molar-refractivity contribution >= 4 is 41.5 Å². The van der Waals surface area contributed by atoms with E-state index in [0.717, 1.165) is 29.8 Å². The lowest BCUT2D eigenvalue weighted by molar-refractivity contribution is 0.0934. The summed E-state index contributed by atoms with van der Waals surface area (Å²) in [6.45, 7) is 3.52. The molecule has 1 aromatic heterocycles. The van der Waals surface area contributed by atoms with Crippen molar-refractivity contribution in [3.8, 4) is 0 Å². The van der Waals surface area contributed by atoms with Gasteiger partial charge in [0.05, 0.1) is 0 Å². The molecule has 8 heteroatoms. The minimum atomic E-state index is -0.163. The van der Waals surface area contributed by atoms with E-state index in [1.807, 2.05) is 13.0 Å². The van der Waals surface area contributed by atoms with Gasteiger partial charge in [0.15, 0.2) is 5.69 Å². The molecule has 0 fully saturated rings. The number of hydrogen-bond donors (Lipinski definition) is 3. The standard InChI is InChI=1S/C16H18Cl2N4O.ClH/c1-9(6-10-2-3-11(17)7-13(10)18)20-16(23)15-12-8-19-5-4-14(12)21-22-15;/h2-3,7,9,19H,4-6,8H2,1H3,(H,20,23)(H,21,22);1H. The fraction of sp³-hybridized carbons (Fsp3) is 0.375. The molecule has 2 heterocycles. The smallest absolute Gasteiger partial charge is 0.272 e. The lowest BCUT2D eigenvalue weighted by atomic mass is 10.1. The average molecular weight is 390 g/mol. The molecule has 0 bridgehead atoms. The van der Waals surface area contributed by atoms with Gasteiger partial charge in [0.1, 0.15) is 0 Å². The zero-order valence-electron chi connectivity index (χ0n) is 13.2. The van der Waals surface area contributed by atoms with E-state index in [1.165, 1.54) is 0 Å². The third-order valence-electron chi connectivity index (χ3n) is 3.94. The van der Waals surface area contributed by atoms with Crippen LogP contribution < -0.4 is 10.6 Å². The van der Waals surface area contributed by atoms with Crippen LogP contribution in [0.5, 0.6) is 0 Å². The number of rotatable bonds is 4. The number of H-pyrrole nitrogens is 1. The van der Waals surface area contributed by atoms with Crippen LogP contribution >= 0.6 is 35.6 Å². The summed E-state index contributed by atoms with van der Waals surface area (Å²) < 4.78 is 0. The molecule has 0 spiro atoms. The Morgan fingerprint density at radius 3 is 2.96 bits per heavy atom. The van der Waals surface area contributed by atoms with Crippen LogP contribution in [0, 0.1) is 0 Å². The Balaban J connectivity index is 0.00000208. The molecule has 0 saturated carbocycles. The van der Waals surface area contributed by atoms with Crippen LogP contribution in [0.2, 0.25) is 10.0 Å². The van der Waals surface area contributed by atoms with Gasteiger partial charge < -0.3 is 10.6 Å². The molecular weight excluding hydrogens is 371 g/mol. The molecule has 1 amide bonds. The highest BCUT2D eigenvalue weighted by Crippen LogP contribution is 2.22. The zero-order chi connectivity index (χ0) is 16.4. The zero-order valence-corrected chi connectivity index (χ0v) is 15.5. The molecule has 0 saturated heterocycles. The van der Waals surface area contributed by atoms with Crippen molar-refractivity contribution in [3.05, 3.63) is 50.8 Å². The fourth-order valence-corrected chi connectivity index (χ4v) is 3.26. The van der Waals surface area contributed by atoms with Gasteiger partial charge in [-0.3, -0.25) is 9.89 Å². The normalized spacial score (nSPS) is 14.5. The van der Waals surface area contributed by atoms with Gasteiger partial charge in [-0.25, -0.2) is 0 Å². The highest BCUT2D eigenvalue weighted by molar-refractivity contribution is 6.35. The largest absolute Gasteiger partial charge is 0.348 e. The Hall–Kier alpha value is -1.27. The van der Waals surface area contributed by atoms with Gasteiger partial charge in [0.2, 0.25) is 0 Å². The average Bonchev–Trinajstić information content (AvgIpc) is 2.94. The number of benzene rings is 1. The summed E-state index contributed by atoms with van der Waals surface area (Å²) in [7, 11) is 0. The molecule has 0 aliphatic carbocycles. The van der Waals surface area contributed by atoms with E-state index < -0.39 is 0 Å². The van der Waals surface area contributed by atoms with Crippen molar-refractivity contribution in [1.29, 1.82) is 0 Å². The van der Waals surface area contributed by atoms with Gasteiger partial charge in [0.25, 0.3) is 5.91 Å². The molecule has 1 aliphatic rings. The van der Waals surface area contributed by atoms with Crippen LogP contribution in [-0.4, -0.2) is 28.7 Å². The number of aromatic nitrogens is 2. The van der Waals surface area contributed by atoms with Crippen molar-refractivity contribution in [2.45, 2.75) is 32.4 Å². The number of carbonyl (C=O) groups excluding carboxylic acids is 1. The summed E-state index contributed by atoms with van der Waals surface area (Å²) in [4.78, 5) is 12.4. The van der Waals surface area contributed by atoms with Crippen molar-refractivity contribution < 1.29 is 4.79 Å². The molecular formula is C16H19Cl3N4O. The minimum Gasteiger partial charge on any atom is -0.348 e. The first-order chi connectivity index (χ1) is 11.0. The van der Waals surface area contributed by atoms with E-state index in [-0.39, 0.29) is 24.4 Å². The van der Waals surface area contributed by atoms with Gasteiger partial charge in [-0.1, -0.05) is 29.3 Å². The summed E-state index contributed by atoms with van der Waals surface area (Å²) in [5, 5.41) is 14.6. The van der Waals surface area contributed by atoms with Gasteiger partial charge >= 0.3 is 0 Å². The maximum absolute atomic E-state index is 12.4. The molecule has 3 rings (SSSR count). The molecule has 1 unspecified atom stereocenters. The predicted octanol–water partition coefficient (Wildman–Crippen LogP) is 3.15. The highest BCUT2D eigenvalue weighted by atomic mass is 35.5. The summed E-state index contributed by atoms with van der Waals surface area (Å²) in [5.41, 5.74) is 3.43. The molecule has 130 valence electrons. The van der Waals surface area contributed by atoms with E-state index in [1.54, 1.807) is 12.1 Å².